The molecular weight excluding hydrogens is 330 g/mol. The van der Waals surface area contributed by atoms with Crippen LogP contribution in [0.15, 0.2) is 53.3 Å². The maximum atomic E-state index is 13.4. The van der Waals surface area contributed by atoms with E-state index in [1.54, 1.807) is 0 Å². The summed E-state index contributed by atoms with van der Waals surface area (Å²) in [4.78, 5) is 13.4. The third-order valence-electron chi connectivity index (χ3n) is 5.48. The third-order valence-corrected chi connectivity index (χ3v) is 5.91. The van der Waals surface area contributed by atoms with Crippen LogP contribution in [-0.4, -0.2) is 4.40 Å². The molecule has 2 aromatic heterocycles. The summed E-state index contributed by atoms with van der Waals surface area (Å²) in [5.74, 6) is 0. The van der Waals surface area contributed by atoms with Gasteiger partial charge in [0.1, 0.15) is 0 Å². The molecule has 3 heteroatoms. The Morgan fingerprint density at radius 2 is 1.68 bits per heavy atom. The molecule has 2 nitrogen and oxygen atoms in total. The standard InChI is InChI=1S/C22H18ClNO/c23-20-17-11-6-10-16-15-9-4-5-12-19(15)24(21(16)17)22(25)18(20)13-14-7-2-1-3-8-14/h1-3,6-8,10-11H,4-5,9,12-13H2. The predicted molar refractivity (Wildman–Crippen MR) is 103 cm³/mol. The molecule has 25 heavy (non-hydrogen) atoms. The van der Waals surface area contributed by atoms with Gasteiger partial charge < -0.3 is 0 Å². The van der Waals surface area contributed by atoms with Gasteiger partial charge in [-0.15, -0.1) is 0 Å². The van der Waals surface area contributed by atoms with Crippen LogP contribution in [-0.2, 0) is 19.3 Å². The van der Waals surface area contributed by atoms with Gasteiger partial charge in [-0.2, -0.15) is 0 Å². The normalized spacial score (nSPS) is 14.3. The Balaban J connectivity index is 1.87. The van der Waals surface area contributed by atoms with E-state index in [0.717, 1.165) is 35.7 Å². The summed E-state index contributed by atoms with van der Waals surface area (Å²) >= 11 is 6.73. The van der Waals surface area contributed by atoms with Crippen molar-refractivity contribution in [3.8, 4) is 0 Å². The van der Waals surface area contributed by atoms with Crippen molar-refractivity contribution in [1.82, 2.24) is 4.40 Å². The number of para-hydroxylation sites is 1. The molecule has 0 N–H and O–H groups in total. The monoisotopic (exact) mass is 347 g/mol. The Morgan fingerprint density at radius 3 is 2.52 bits per heavy atom. The van der Waals surface area contributed by atoms with Crippen molar-refractivity contribution in [2.45, 2.75) is 32.1 Å². The Kier molecular flexibility index (Phi) is 3.36. The Morgan fingerprint density at radius 1 is 0.920 bits per heavy atom. The first kappa shape index (κ1) is 15.0. The molecular formula is C22H18ClNO. The molecule has 0 atom stereocenters. The fourth-order valence-corrected chi connectivity index (χ4v) is 4.64. The summed E-state index contributed by atoms with van der Waals surface area (Å²) in [6.45, 7) is 0. The smallest absolute Gasteiger partial charge is 0.260 e. The van der Waals surface area contributed by atoms with Gasteiger partial charge >= 0.3 is 0 Å². The number of nitrogens with zero attached hydrogens (tertiary/aromatic N) is 1. The molecule has 0 bridgehead atoms. The minimum atomic E-state index is 0.0562. The number of pyridine rings is 1. The zero-order chi connectivity index (χ0) is 17.0. The van der Waals surface area contributed by atoms with Crippen LogP contribution in [0.2, 0.25) is 5.02 Å². The molecule has 5 rings (SSSR count). The zero-order valence-corrected chi connectivity index (χ0v) is 14.6. The van der Waals surface area contributed by atoms with Crippen LogP contribution in [0.4, 0.5) is 0 Å². The molecule has 0 aliphatic heterocycles. The van der Waals surface area contributed by atoms with Crippen molar-refractivity contribution >= 4 is 27.9 Å². The maximum absolute atomic E-state index is 13.4. The second-order valence-electron chi connectivity index (χ2n) is 6.93. The van der Waals surface area contributed by atoms with Gasteiger partial charge in [-0.05, 0) is 36.8 Å². The third kappa shape index (κ3) is 2.14. The highest BCUT2D eigenvalue weighted by atomic mass is 35.5. The molecule has 2 heterocycles. The van der Waals surface area contributed by atoms with E-state index in [1.165, 1.54) is 23.1 Å². The number of aromatic nitrogens is 1. The van der Waals surface area contributed by atoms with Gasteiger partial charge in [0.15, 0.2) is 0 Å². The molecule has 1 aliphatic rings. The fraction of sp³-hybridized carbons (Fsp3) is 0.227. The Hall–Kier alpha value is -2.32. The van der Waals surface area contributed by atoms with Gasteiger partial charge in [0.05, 0.1) is 10.5 Å². The van der Waals surface area contributed by atoms with E-state index in [2.05, 4.69) is 12.1 Å². The highest BCUT2D eigenvalue weighted by molar-refractivity contribution is 6.36. The van der Waals surface area contributed by atoms with Crippen LogP contribution < -0.4 is 5.56 Å². The van der Waals surface area contributed by atoms with Gasteiger partial charge in [0.25, 0.3) is 5.56 Å². The number of rotatable bonds is 2. The molecule has 0 spiro atoms. The molecule has 4 aromatic rings. The zero-order valence-electron chi connectivity index (χ0n) is 13.9. The van der Waals surface area contributed by atoms with Crippen LogP contribution in [0.1, 0.15) is 35.2 Å². The minimum absolute atomic E-state index is 0.0562. The Labute approximate surface area is 151 Å². The van der Waals surface area contributed by atoms with Crippen LogP contribution in [0.3, 0.4) is 0 Å². The van der Waals surface area contributed by atoms with E-state index in [1.807, 2.05) is 40.8 Å². The lowest BCUT2D eigenvalue weighted by Gasteiger charge is -2.13. The summed E-state index contributed by atoms with van der Waals surface area (Å²) in [5, 5.41) is 2.82. The lowest BCUT2D eigenvalue weighted by molar-refractivity contribution is 0.668. The van der Waals surface area contributed by atoms with Crippen molar-refractivity contribution in [2.75, 3.05) is 0 Å². The molecule has 2 aromatic carbocycles. The van der Waals surface area contributed by atoms with Crippen molar-refractivity contribution in [3.63, 3.8) is 0 Å². The lowest BCUT2D eigenvalue weighted by atomic mass is 9.95. The van der Waals surface area contributed by atoms with Crippen molar-refractivity contribution in [3.05, 3.63) is 86.3 Å². The number of aryl methyl sites for hydroxylation is 2. The molecule has 0 fully saturated rings. The molecule has 0 saturated carbocycles. The first-order chi connectivity index (χ1) is 12.3. The van der Waals surface area contributed by atoms with Crippen molar-refractivity contribution in [2.24, 2.45) is 0 Å². The van der Waals surface area contributed by atoms with Gasteiger partial charge in [0, 0.05) is 28.5 Å². The molecule has 0 radical (unpaired) electrons. The summed E-state index contributed by atoms with van der Waals surface area (Å²) in [5.41, 5.74) is 5.44. The van der Waals surface area contributed by atoms with Crippen molar-refractivity contribution in [1.29, 1.82) is 0 Å². The van der Waals surface area contributed by atoms with E-state index in [-0.39, 0.29) is 5.56 Å². The van der Waals surface area contributed by atoms with Crippen LogP contribution in [0.25, 0.3) is 16.3 Å². The summed E-state index contributed by atoms with van der Waals surface area (Å²) in [7, 11) is 0. The number of hydrogen-bond acceptors (Lipinski definition) is 1. The highest BCUT2D eigenvalue weighted by Gasteiger charge is 2.24. The predicted octanol–water partition coefficient (Wildman–Crippen LogP) is 5.01. The van der Waals surface area contributed by atoms with Gasteiger partial charge in [-0.25, -0.2) is 0 Å². The summed E-state index contributed by atoms with van der Waals surface area (Å²) in [6.07, 6.45) is 4.95. The maximum Gasteiger partial charge on any atom is 0.260 e. The van der Waals surface area contributed by atoms with E-state index >= 15 is 0 Å². The number of hydrogen-bond donors (Lipinski definition) is 0. The first-order valence-electron chi connectivity index (χ1n) is 8.88. The number of fused-ring (bicyclic) bond motifs is 3. The van der Waals surface area contributed by atoms with Gasteiger partial charge in [-0.1, -0.05) is 60.1 Å². The molecule has 0 unspecified atom stereocenters. The van der Waals surface area contributed by atoms with E-state index < -0.39 is 0 Å². The van der Waals surface area contributed by atoms with Crippen LogP contribution >= 0.6 is 11.6 Å². The fourth-order valence-electron chi connectivity index (χ4n) is 4.34. The number of benzene rings is 2. The van der Waals surface area contributed by atoms with E-state index in [4.69, 9.17) is 11.6 Å². The molecule has 0 amide bonds. The average molecular weight is 348 g/mol. The summed E-state index contributed by atoms with van der Waals surface area (Å²) in [6, 6.07) is 16.3. The van der Waals surface area contributed by atoms with Crippen molar-refractivity contribution < 1.29 is 0 Å². The lowest BCUT2D eigenvalue weighted by Crippen LogP contribution is -2.21. The SMILES string of the molecule is O=c1c(Cc2ccccc2)c(Cl)c2cccc3c4c(n1c23)CCCC4. The van der Waals surface area contributed by atoms with Gasteiger partial charge in [-0.3, -0.25) is 9.20 Å². The molecule has 1 aliphatic carbocycles. The van der Waals surface area contributed by atoms with Crippen LogP contribution in [0, 0.1) is 0 Å². The molecule has 0 saturated heterocycles. The quantitative estimate of drug-likeness (QED) is 0.499. The van der Waals surface area contributed by atoms with E-state index in [9.17, 15) is 4.79 Å². The second kappa shape index (κ2) is 5.60. The highest BCUT2D eigenvalue weighted by Crippen LogP contribution is 2.36. The molecule has 124 valence electrons. The minimum Gasteiger partial charge on any atom is -0.279 e. The average Bonchev–Trinajstić information content (AvgIpc) is 3.00. The van der Waals surface area contributed by atoms with E-state index in [0.29, 0.717) is 17.0 Å². The topological polar surface area (TPSA) is 21.5 Å². The Bertz CT molecular complexity index is 1140. The van der Waals surface area contributed by atoms with Crippen LogP contribution in [0.5, 0.6) is 0 Å². The largest absolute Gasteiger partial charge is 0.279 e. The second-order valence-corrected chi connectivity index (χ2v) is 7.31. The summed E-state index contributed by atoms with van der Waals surface area (Å²) < 4.78 is 1.96. The number of halogens is 1. The van der Waals surface area contributed by atoms with Gasteiger partial charge in [0.2, 0.25) is 0 Å². The first-order valence-corrected chi connectivity index (χ1v) is 9.26.